The molecule has 27 heavy (non-hydrogen) atoms. The molecule has 2 heterocycles. The van der Waals surface area contributed by atoms with Crippen molar-refractivity contribution in [2.24, 2.45) is 0 Å². The van der Waals surface area contributed by atoms with Crippen LogP contribution >= 0.6 is 27.5 Å². The van der Waals surface area contributed by atoms with E-state index in [4.69, 9.17) is 11.6 Å². The number of rotatable bonds is 4. The number of β-amino-alcohol motifs (C(OH)–C–C–N with tert-alkyl or cyclic N) is 1. The molecule has 0 aliphatic carbocycles. The highest BCUT2D eigenvalue weighted by molar-refractivity contribution is 9.10. The van der Waals surface area contributed by atoms with Crippen LogP contribution in [-0.4, -0.2) is 44.4 Å². The van der Waals surface area contributed by atoms with Gasteiger partial charge >= 0.3 is 0 Å². The van der Waals surface area contributed by atoms with Crippen LogP contribution < -0.4 is 0 Å². The van der Waals surface area contributed by atoms with E-state index in [1.54, 1.807) is 17.0 Å². The SMILES string of the molecule is O=C1c2[nH]nc(-c3cc(Cl)ccc3O)c2C(c2cccc(Br)c2)N1CCO. The first kappa shape index (κ1) is 18.0. The maximum atomic E-state index is 12.9. The molecule has 8 heteroatoms. The minimum absolute atomic E-state index is 0.0229. The number of halogens is 2. The third-order valence-electron chi connectivity index (χ3n) is 4.58. The summed E-state index contributed by atoms with van der Waals surface area (Å²) < 4.78 is 0.875. The van der Waals surface area contributed by atoms with Crippen molar-refractivity contribution in [2.75, 3.05) is 13.2 Å². The number of nitrogens with zero attached hydrogens (tertiary/aromatic N) is 2. The number of fused-ring (bicyclic) bond motifs is 1. The van der Waals surface area contributed by atoms with E-state index < -0.39 is 6.04 Å². The Morgan fingerprint density at radius 3 is 2.81 bits per heavy atom. The fourth-order valence-electron chi connectivity index (χ4n) is 3.46. The number of carbonyl (C=O) groups is 1. The minimum Gasteiger partial charge on any atom is -0.507 e. The van der Waals surface area contributed by atoms with Crippen LogP contribution in [0.15, 0.2) is 46.9 Å². The van der Waals surface area contributed by atoms with Gasteiger partial charge in [-0.3, -0.25) is 9.89 Å². The van der Waals surface area contributed by atoms with Gasteiger partial charge in [0.15, 0.2) is 0 Å². The van der Waals surface area contributed by atoms with Gasteiger partial charge in [0.1, 0.15) is 17.1 Å². The van der Waals surface area contributed by atoms with Crippen molar-refractivity contribution < 1.29 is 15.0 Å². The fraction of sp³-hybridized carbons (Fsp3) is 0.158. The number of aromatic amines is 1. The third kappa shape index (κ3) is 3.01. The van der Waals surface area contributed by atoms with Crippen LogP contribution in [0.3, 0.4) is 0 Å². The molecule has 1 atom stereocenters. The monoisotopic (exact) mass is 447 g/mol. The molecule has 1 amide bonds. The summed E-state index contributed by atoms with van der Waals surface area (Å²) in [6.45, 7) is 0.0190. The second-order valence-corrected chi connectivity index (χ2v) is 7.55. The predicted molar refractivity (Wildman–Crippen MR) is 105 cm³/mol. The van der Waals surface area contributed by atoms with E-state index in [0.717, 1.165) is 10.0 Å². The Morgan fingerprint density at radius 2 is 2.07 bits per heavy atom. The first-order valence-corrected chi connectivity index (χ1v) is 9.42. The summed E-state index contributed by atoms with van der Waals surface area (Å²) in [6.07, 6.45) is 0. The summed E-state index contributed by atoms with van der Waals surface area (Å²) in [6, 6.07) is 11.9. The summed E-state index contributed by atoms with van der Waals surface area (Å²) in [5.41, 5.74) is 2.78. The van der Waals surface area contributed by atoms with Gasteiger partial charge in [-0.1, -0.05) is 39.7 Å². The lowest BCUT2D eigenvalue weighted by atomic mass is 9.96. The summed E-state index contributed by atoms with van der Waals surface area (Å²) >= 11 is 9.57. The normalized spacial score (nSPS) is 16.0. The van der Waals surface area contributed by atoms with Crippen LogP contribution in [0.5, 0.6) is 5.75 Å². The van der Waals surface area contributed by atoms with E-state index in [1.807, 2.05) is 24.3 Å². The molecule has 0 saturated carbocycles. The maximum Gasteiger partial charge on any atom is 0.273 e. The largest absolute Gasteiger partial charge is 0.507 e. The Kier molecular flexibility index (Phi) is 4.67. The fourth-order valence-corrected chi connectivity index (χ4v) is 4.05. The van der Waals surface area contributed by atoms with Gasteiger partial charge in [-0.05, 0) is 35.9 Å². The van der Waals surface area contributed by atoms with E-state index in [1.165, 1.54) is 6.07 Å². The number of aliphatic hydroxyl groups excluding tert-OH is 1. The number of hydrogen-bond donors (Lipinski definition) is 3. The smallest absolute Gasteiger partial charge is 0.273 e. The lowest BCUT2D eigenvalue weighted by molar-refractivity contribution is 0.0706. The predicted octanol–water partition coefficient (Wildman–Crippen LogP) is 3.74. The van der Waals surface area contributed by atoms with Crippen molar-refractivity contribution in [1.82, 2.24) is 15.1 Å². The van der Waals surface area contributed by atoms with Crippen molar-refractivity contribution >= 4 is 33.4 Å². The summed E-state index contributed by atoms with van der Waals surface area (Å²) in [7, 11) is 0. The summed E-state index contributed by atoms with van der Waals surface area (Å²) in [4.78, 5) is 14.5. The van der Waals surface area contributed by atoms with Gasteiger partial charge in [0.05, 0.1) is 12.6 Å². The van der Waals surface area contributed by atoms with Crippen LogP contribution in [-0.2, 0) is 0 Å². The van der Waals surface area contributed by atoms with Crippen LogP contribution in [0.1, 0.15) is 27.7 Å². The van der Waals surface area contributed by atoms with Crippen LogP contribution in [0.4, 0.5) is 0 Å². The van der Waals surface area contributed by atoms with Gasteiger partial charge in [-0.15, -0.1) is 0 Å². The number of benzene rings is 2. The molecule has 4 rings (SSSR count). The van der Waals surface area contributed by atoms with E-state index in [0.29, 0.717) is 27.5 Å². The van der Waals surface area contributed by atoms with Gasteiger partial charge in [-0.2, -0.15) is 5.10 Å². The molecule has 0 bridgehead atoms. The van der Waals surface area contributed by atoms with E-state index in [-0.39, 0.29) is 24.8 Å². The number of carbonyl (C=O) groups excluding carboxylic acids is 1. The molecule has 6 nitrogen and oxygen atoms in total. The lowest BCUT2D eigenvalue weighted by Crippen LogP contribution is -2.32. The van der Waals surface area contributed by atoms with E-state index >= 15 is 0 Å². The standard InChI is InChI=1S/C19H15BrClN3O3/c20-11-3-1-2-10(8-11)18-15-16(13-9-12(21)4-5-14(13)26)22-23-17(15)19(27)24(18)6-7-25/h1-5,8-9,18,25-26H,6-7H2,(H,22,23). The van der Waals surface area contributed by atoms with Crippen LogP contribution in [0.2, 0.25) is 5.02 Å². The molecule has 1 aliphatic rings. The van der Waals surface area contributed by atoms with Gasteiger partial charge < -0.3 is 15.1 Å². The van der Waals surface area contributed by atoms with Gasteiger partial charge in [0.25, 0.3) is 5.91 Å². The van der Waals surface area contributed by atoms with E-state index in [9.17, 15) is 15.0 Å². The van der Waals surface area contributed by atoms with Gasteiger partial charge in [0, 0.05) is 27.2 Å². The molecule has 1 unspecified atom stereocenters. The first-order chi connectivity index (χ1) is 13.0. The Balaban J connectivity index is 1.94. The second kappa shape index (κ2) is 6.99. The third-order valence-corrected chi connectivity index (χ3v) is 5.31. The quantitative estimate of drug-likeness (QED) is 0.567. The molecule has 1 aliphatic heterocycles. The Hall–Kier alpha value is -2.35. The van der Waals surface area contributed by atoms with Crippen molar-refractivity contribution in [3.05, 3.63) is 68.8 Å². The highest BCUT2D eigenvalue weighted by atomic mass is 79.9. The number of aromatic hydroxyl groups is 1. The number of phenols is 1. The minimum atomic E-state index is -0.440. The number of nitrogens with one attached hydrogen (secondary N) is 1. The Labute approximate surface area is 168 Å². The number of hydrogen-bond acceptors (Lipinski definition) is 4. The lowest BCUT2D eigenvalue weighted by Gasteiger charge is -2.25. The molecular weight excluding hydrogens is 434 g/mol. The molecule has 1 aromatic heterocycles. The van der Waals surface area contributed by atoms with Crippen molar-refractivity contribution in [3.8, 4) is 17.0 Å². The topological polar surface area (TPSA) is 89.5 Å². The number of aromatic nitrogens is 2. The zero-order valence-corrected chi connectivity index (χ0v) is 16.3. The summed E-state index contributed by atoms with van der Waals surface area (Å²) in [5, 5.41) is 27.3. The van der Waals surface area contributed by atoms with Crippen molar-refractivity contribution in [1.29, 1.82) is 0 Å². The Bertz CT molecular complexity index is 1040. The van der Waals surface area contributed by atoms with Crippen LogP contribution in [0, 0.1) is 0 Å². The molecule has 0 radical (unpaired) electrons. The number of phenolic OH excluding ortho intramolecular Hbond substituents is 1. The molecule has 3 aromatic rings. The molecule has 2 aromatic carbocycles. The molecule has 138 valence electrons. The molecular formula is C19H15BrClN3O3. The van der Waals surface area contributed by atoms with E-state index in [2.05, 4.69) is 26.1 Å². The maximum absolute atomic E-state index is 12.9. The second-order valence-electron chi connectivity index (χ2n) is 6.20. The zero-order valence-electron chi connectivity index (χ0n) is 14.0. The van der Waals surface area contributed by atoms with Gasteiger partial charge in [-0.25, -0.2) is 0 Å². The Morgan fingerprint density at radius 1 is 1.26 bits per heavy atom. The van der Waals surface area contributed by atoms with Crippen molar-refractivity contribution in [2.45, 2.75) is 6.04 Å². The number of amides is 1. The number of H-pyrrole nitrogens is 1. The number of aliphatic hydroxyl groups is 1. The average molecular weight is 449 g/mol. The highest BCUT2D eigenvalue weighted by Gasteiger charge is 2.42. The first-order valence-electron chi connectivity index (χ1n) is 8.25. The zero-order chi connectivity index (χ0) is 19.1. The van der Waals surface area contributed by atoms with Crippen molar-refractivity contribution in [3.63, 3.8) is 0 Å². The molecule has 0 saturated heterocycles. The highest BCUT2D eigenvalue weighted by Crippen LogP contribution is 2.45. The average Bonchev–Trinajstić information content (AvgIpc) is 3.17. The molecule has 3 N–H and O–H groups in total. The molecule has 0 fully saturated rings. The van der Waals surface area contributed by atoms with Gasteiger partial charge in [0.2, 0.25) is 0 Å². The summed E-state index contributed by atoms with van der Waals surface area (Å²) in [5.74, 6) is -0.223. The van der Waals surface area contributed by atoms with Crippen LogP contribution in [0.25, 0.3) is 11.3 Å². The molecule has 0 spiro atoms.